The van der Waals surface area contributed by atoms with Crippen molar-refractivity contribution >= 4 is 17.5 Å². The number of halogens is 2. The second-order valence-corrected chi connectivity index (χ2v) is 7.84. The maximum atomic E-state index is 14.7. The minimum Gasteiger partial charge on any atom is -0.347 e. The zero-order valence-electron chi connectivity index (χ0n) is 15.5. The maximum Gasteiger partial charge on any atom is 0.253 e. The van der Waals surface area contributed by atoms with Crippen LogP contribution in [0, 0.1) is 28.6 Å². The lowest BCUT2D eigenvalue weighted by Crippen LogP contribution is -2.43. The van der Waals surface area contributed by atoms with Gasteiger partial charge in [-0.1, -0.05) is 35.9 Å². The number of rotatable bonds is 4. The third-order valence-corrected chi connectivity index (χ3v) is 6.15. The summed E-state index contributed by atoms with van der Waals surface area (Å²) in [5.74, 6) is -0.753. The number of nitrogens with one attached hydrogen (secondary N) is 1. The highest BCUT2D eigenvalue weighted by Gasteiger charge is 2.46. The first-order valence-electron chi connectivity index (χ1n) is 9.46. The van der Waals surface area contributed by atoms with Gasteiger partial charge in [0.2, 0.25) is 0 Å². The molecule has 1 N–H and O–H groups in total. The van der Waals surface area contributed by atoms with Gasteiger partial charge < -0.3 is 10.2 Å². The van der Waals surface area contributed by atoms with Gasteiger partial charge in [0.15, 0.2) is 6.19 Å². The number of fused-ring (bicyclic) bond motifs is 2. The lowest BCUT2D eigenvalue weighted by molar-refractivity contribution is 0.0928. The van der Waals surface area contributed by atoms with E-state index in [2.05, 4.69) is 11.5 Å². The van der Waals surface area contributed by atoms with E-state index in [4.69, 9.17) is 16.9 Å². The number of benzene rings is 2. The molecule has 4 rings (SSSR count). The van der Waals surface area contributed by atoms with E-state index < -0.39 is 5.82 Å². The Morgan fingerprint density at radius 3 is 2.79 bits per heavy atom. The van der Waals surface area contributed by atoms with Gasteiger partial charge in [0, 0.05) is 17.2 Å². The number of hydrogen-bond donors (Lipinski definition) is 1. The Kier molecular flexibility index (Phi) is 5.13. The Labute approximate surface area is 173 Å². The summed E-state index contributed by atoms with van der Waals surface area (Å²) < 4.78 is 14.7. The topological polar surface area (TPSA) is 79.9 Å². The second-order valence-electron chi connectivity index (χ2n) is 7.43. The summed E-state index contributed by atoms with van der Waals surface area (Å²) in [6, 6.07) is 11.8. The molecule has 0 radical (unpaired) electrons. The highest BCUT2D eigenvalue weighted by atomic mass is 35.5. The van der Waals surface area contributed by atoms with E-state index in [1.54, 1.807) is 41.3 Å². The molecule has 0 unspecified atom stereocenters. The molecular formula is C22H18ClFN4O. The molecule has 3 atom stereocenters. The van der Waals surface area contributed by atoms with Crippen molar-refractivity contribution in [2.24, 2.45) is 0 Å². The van der Waals surface area contributed by atoms with E-state index in [1.807, 2.05) is 6.07 Å². The lowest BCUT2D eigenvalue weighted by Gasteiger charge is -2.22. The average molecular weight is 409 g/mol. The SMILES string of the molecule is N#CCc1cccc(-c2ccc(C(=O)N[C@@H]3C[C@@H]4CC[C@H]3N4C#N)c(Cl)c2)c1F. The van der Waals surface area contributed by atoms with Crippen molar-refractivity contribution in [3.05, 3.63) is 58.4 Å². The van der Waals surface area contributed by atoms with E-state index in [0.29, 0.717) is 22.3 Å². The quantitative estimate of drug-likeness (QED) is 0.774. The van der Waals surface area contributed by atoms with Crippen LogP contribution < -0.4 is 5.32 Å². The fourth-order valence-corrected chi connectivity index (χ4v) is 4.70. The summed E-state index contributed by atoms with van der Waals surface area (Å²) in [7, 11) is 0. The van der Waals surface area contributed by atoms with Crippen LogP contribution in [0.2, 0.25) is 5.02 Å². The van der Waals surface area contributed by atoms with Crippen LogP contribution in [-0.2, 0) is 6.42 Å². The number of carbonyl (C=O) groups excluding carboxylic acids is 1. The monoisotopic (exact) mass is 408 g/mol. The van der Waals surface area contributed by atoms with Crippen LogP contribution in [0.1, 0.15) is 35.2 Å². The highest BCUT2D eigenvalue weighted by Crippen LogP contribution is 2.37. The molecule has 29 heavy (non-hydrogen) atoms. The van der Waals surface area contributed by atoms with Crippen LogP contribution in [0.15, 0.2) is 36.4 Å². The normalized spacial score (nSPS) is 22.2. The van der Waals surface area contributed by atoms with Gasteiger partial charge in [-0.05, 0) is 37.0 Å². The van der Waals surface area contributed by atoms with Crippen LogP contribution in [0.4, 0.5) is 4.39 Å². The van der Waals surface area contributed by atoms with Crippen LogP contribution in [-0.4, -0.2) is 28.9 Å². The van der Waals surface area contributed by atoms with Crippen LogP contribution in [0.25, 0.3) is 11.1 Å². The Hall–Kier alpha value is -3.09. The molecule has 1 amide bonds. The van der Waals surface area contributed by atoms with Crippen molar-refractivity contribution in [3.8, 4) is 23.4 Å². The van der Waals surface area contributed by atoms with Gasteiger partial charge in [0.25, 0.3) is 5.91 Å². The first-order chi connectivity index (χ1) is 14.0. The molecule has 2 heterocycles. The summed E-state index contributed by atoms with van der Waals surface area (Å²) in [5.41, 5.74) is 1.51. The number of nitrogens with zero attached hydrogens (tertiary/aromatic N) is 3. The zero-order chi connectivity index (χ0) is 20.5. The van der Waals surface area contributed by atoms with Crippen molar-refractivity contribution in [2.45, 2.75) is 43.8 Å². The van der Waals surface area contributed by atoms with Crippen molar-refractivity contribution in [2.75, 3.05) is 0 Å². The molecular weight excluding hydrogens is 391 g/mol. The first kappa shape index (κ1) is 19.2. The molecule has 2 aromatic rings. The molecule has 0 aliphatic carbocycles. The molecule has 2 aliphatic heterocycles. The third kappa shape index (κ3) is 3.41. The molecule has 0 aromatic heterocycles. The molecule has 2 bridgehead atoms. The molecule has 2 aromatic carbocycles. The van der Waals surface area contributed by atoms with Gasteiger partial charge in [-0.3, -0.25) is 4.79 Å². The van der Waals surface area contributed by atoms with E-state index >= 15 is 0 Å². The molecule has 2 fully saturated rings. The fourth-order valence-electron chi connectivity index (χ4n) is 4.44. The number of amides is 1. The van der Waals surface area contributed by atoms with E-state index in [9.17, 15) is 14.4 Å². The van der Waals surface area contributed by atoms with Crippen LogP contribution in [0.5, 0.6) is 0 Å². The van der Waals surface area contributed by atoms with E-state index in [-0.39, 0.29) is 35.5 Å². The largest absolute Gasteiger partial charge is 0.347 e. The maximum absolute atomic E-state index is 14.7. The van der Waals surface area contributed by atoms with E-state index in [0.717, 1.165) is 19.3 Å². The molecule has 5 nitrogen and oxygen atoms in total. The lowest BCUT2D eigenvalue weighted by atomic mass is 9.95. The van der Waals surface area contributed by atoms with Gasteiger partial charge in [-0.2, -0.15) is 10.5 Å². The highest BCUT2D eigenvalue weighted by molar-refractivity contribution is 6.34. The molecule has 0 spiro atoms. The van der Waals surface area contributed by atoms with Crippen LogP contribution in [0.3, 0.4) is 0 Å². The number of carbonyl (C=O) groups is 1. The first-order valence-corrected chi connectivity index (χ1v) is 9.84. The summed E-state index contributed by atoms with van der Waals surface area (Å²) in [5, 5.41) is 21.3. The minimum atomic E-state index is -0.458. The summed E-state index contributed by atoms with van der Waals surface area (Å²) in [4.78, 5) is 14.5. The Morgan fingerprint density at radius 2 is 2.10 bits per heavy atom. The molecule has 2 aliphatic rings. The molecule has 146 valence electrons. The Morgan fingerprint density at radius 1 is 1.28 bits per heavy atom. The standard InChI is InChI=1S/C22H18ClFN4O/c23-18-10-14(16-3-1-2-13(8-9-25)21(16)24)4-6-17(18)22(29)27-19-11-15-5-7-20(19)28(15)12-26/h1-4,6,10,15,19-20H,5,7-8,11H2,(H,27,29)/t15-,19+,20+/m0/s1. The third-order valence-electron chi connectivity index (χ3n) is 5.84. The molecule has 2 saturated heterocycles. The minimum absolute atomic E-state index is 0.0167. The van der Waals surface area contributed by atoms with Crippen molar-refractivity contribution in [1.29, 1.82) is 10.5 Å². The second kappa shape index (κ2) is 7.73. The number of hydrogen-bond acceptors (Lipinski definition) is 4. The predicted octanol–water partition coefficient (Wildman–Crippen LogP) is 4.03. The van der Waals surface area contributed by atoms with E-state index in [1.165, 1.54) is 0 Å². The number of nitriles is 2. The van der Waals surface area contributed by atoms with Crippen molar-refractivity contribution in [3.63, 3.8) is 0 Å². The predicted molar refractivity (Wildman–Crippen MR) is 106 cm³/mol. The van der Waals surface area contributed by atoms with Crippen molar-refractivity contribution < 1.29 is 9.18 Å². The fraction of sp³-hybridized carbons (Fsp3) is 0.318. The van der Waals surface area contributed by atoms with Gasteiger partial charge in [-0.25, -0.2) is 4.39 Å². The van der Waals surface area contributed by atoms with Gasteiger partial charge >= 0.3 is 0 Å². The van der Waals surface area contributed by atoms with Gasteiger partial charge in [0.1, 0.15) is 5.82 Å². The molecule has 0 saturated carbocycles. The summed E-state index contributed by atoms with van der Waals surface area (Å²) in [6.07, 6.45) is 4.85. The molecule has 7 heteroatoms. The zero-order valence-corrected chi connectivity index (χ0v) is 16.3. The Balaban J connectivity index is 1.54. The van der Waals surface area contributed by atoms with Crippen molar-refractivity contribution in [1.82, 2.24) is 10.2 Å². The van der Waals surface area contributed by atoms with Gasteiger partial charge in [-0.15, -0.1) is 0 Å². The van der Waals surface area contributed by atoms with Crippen LogP contribution >= 0.6 is 11.6 Å². The summed E-state index contributed by atoms with van der Waals surface area (Å²) >= 11 is 6.35. The Bertz CT molecular complexity index is 1060. The summed E-state index contributed by atoms with van der Waals surface area (Å²) in [6.45, 7) is 0. The van der Waals surface area contributed by atoms with Gasteiger partial charge in [0.05, 0.1) is 35.2 Å². The smallest absolute Gasteiger partial charge is 0.253 e. The average Bonchev–Trinajstić information content (AvgIpc) is 3.26.